The number of carbonyl (C=O) groups excluding carboxylic acids is 2. The van der Waals surface area contributed by atoms with Gasteiger partial charge in [-0.3, -0.25) is 9.59 Å². The van der Waals surface area contributed by atoms with Crippen LogP contribution in [0.3, 0.4) is 0 Å². The highest BCUT2D eigenvalue weighted by atomic mass is 16.2. The number of nitrogens with zero attached hydrogens (tertiary/aromatic N) is 1. The fourth-order valence-electron chi connectivity index (χ4n) is 1.56. The molecule has 0 radical (unpaired) electrons. The maximum atomic E-state index is 11.8. The van der Waals surface area contributed by atoms with E-state index in [-0.39, 0.29) is 11.8 Å². The molecular weight excluding hydrogens is 194 g/mol. The third kappa shape index (κ3) is 3.51. The number of amides is 2. The van der Waals surface area contributed by atoms with E-state index in [9.17, 15) is 9.59 Å². The van der Waals surface area contributed by atoms with Gasteiger partial charge in [-0.15, -0.1) is 0 Å². The van der Waals surface area contributed by atoms with E-state index in [1.165, 1.54) is 0 Å². The summed E-state index contributed by atoms with van der Waals surface area (Å²) in [7, 11) is 0. The molecule has 1 aliphatic heterocycles. The summed E-state index contributed by atoms with van der Waals surface area (Å²) in [6, 6.07) is -0.407. The van der Waals surface area contributed by atoms with Gasteiger partial charge in [0.05, 0.1) is 0 Å². The summed E-state index contributed by atoms with van der Waals surface area (Å²) in [6.07, 6.45) is 0.416. The molecule has 15 heavy (non-hydrogen) atoms. The first-order chi connectivity index (χ1) is 7.15. The van der Waals surface area contributed by atoms with Crippen LogP contribution in [0.4, 0.5) is 0 Å². The smallest absolute Gasteiger partial charge is 0.244 e. The van der Waals surface area contributed by atoms with E-state index in [4.69, 9.17) is 0 Å². The molecule has 5 heteroatoms. The molecule has 0 aromatic carbocycles. The zero-order valence-electron chi connectivity index (χ0n) is 9.38. The van der Waals surface area contributed by atoms with E-state index in [0.717, 1.165) is 26.2 Å². The molecule has 1 rings (SSSR count). The summed E-state index contributed by atoms with van der Waals surface area (Å²) in [5.74, 6) is -0.0655. The molecular formula is C10H19N3O2. The fraction of sp³-hybridized carbons (Fsp3) is 0.800. The lowest BCUT2D eigenvalue weighted by molar-refractivity contribution is -0.136. The van der Waals surface area contributed by atoms with Crippen LogP contribution in [0.2, 0.25) is 0 Å². The summed E-state index contributed by atoms with van der Waals surface area (Å²) in [4.78, 5) is 24.7. The van der Waals surface area contributed by atoms with Gasteiger partial charge in [-0.1, -0.05) is 6.92 Å². The minimum Gasteiger partial charge on any atom is -0.345 e. The van der Waals surface area contributed by atoms with Crippen molar-refractivity contribution >= 4 is 11.8 Å². The van der Waals surface area contributed by atoms with Crippen molar-refractivity contribution in [2.75, 3.05) is 26.2 Å². The zero-order valence-corrected chi connectivity index (χ0v) is 9.38. The predicted octanol–water partition coefficient (Wildman–Crippen LogP) is -0.667. The molecule has 2 N–H and O–H groups in total. The average Bonchev–Trinajstić information content (AvgIpc) is 2.29. The number of piperazine rings is 1. The summed E-state index contributed by atoms with van der Waals surface area (Å²) >= 11 is 0. The van der Waals surface area contributed by atoms with Crippen molar-refractivity contribution in [1.29, 1.82) is 0 Å². The first-order valence-electron chi connectivity index (χ1n) is 5.44. The molecule has 1 saturated heterocycles. The number of rotatable bonds is 3. The summed E-state index contributed by atoms with van der Waals surface area (Å²) in [5, 5.41) is 5.86. The summed E-state index contributed by atoms with van der Waals surface area (Å²) in [6.45, 7) is 6.63. The molecule has 1 aliphatic rings. The molecule has 0 spiro atoms. The minimum absolute atomic E-state index is 0.0123. The van der Waals surface area contributed by atoms with Crippen LogP contribution in [0.1, 0.15) is 20.3 Å². The maximum absolute atomic E-state index is 11.8. The van der Waals surface area contributed by atoms with Crippen LogP contribution < -0.4 is 10.6 Å². The van der Waals surface area contributed by atoms with Crippen LogP contribution >= 0.6 is 0 Å². The van der Waals surface area contributed by atoms with Crippen molar-refractivity contribution in [3.05, 3.63) is 0 Å². The lowest BCUT2D eigenvalue weighted by Gasteiger charge is -2.29. The van der Waals surface area contributed by atoms with Gasteiger partial charge in [0.2, 0.25) is 11.8 Å². The Morgan fingerprint density at radius 2 is 2.00 bits per heavy atom. The monoisotopic (exact) mass is 213 g/mol. The fourth-order valence-corrected chi connectivity index (χ4v) is 1.56. The van der Waals surface area contributed by atoms with E-state index >= 15 is 0 Å². The highest BCUT2D eigenvalue weighted by molar-refractivity contribution is 5.87. The largest absolute Gasteiger partial charge is 0.345 e. The lowest BCUT2D eigenvalue weighted by Crippen LogP contribution is -2.53. The second kappa shape index (κ2) is 5.70. The molecule has 0 aromatic rings. The Balaban J connectivity index is 2.40. The van der Waals surface area contributed by atoms with Gasteiger partial charge in [0, 0.05) is 32.6 Å². The molecule has 0 bridgehead atoms. The van der Waals surface area contributed by atoms with Gasteiger partial charge in [-0.05, 0) is 6.92 Å². The normalized spacial score (nSPS) is 18.4. The number of hydrogen-bond donors (Lipinski definition) is 2. The number of nitrogens with one attached hydrogen (secondary N) is 2. The SMILES string of the molecule is CCC(=O)NC(C)C(=O)N1CCNCC1. The maximum Gasteiger partial charge on any atom is 0.244 e. The van der Waals surface area contributed by atoms with Crippen LogP contribution in [0, 0.1) is 0 Å². The highest BCUT2D eigenvalue weighted by Gasteiger charge is 2.22. The van der Waals surface area contributed by atoms with Gasteiger partial charge in [0.1, 0.15) is 6.04 Å². The third-order valence-electron chi connectivity index (χ3n) is 2.50. The van der Waals surface area contributed by atoms with Crippen LogP contribution in [-0.2, 0) is 9.59 Å². The van der Waals surface area contributed by atoms with E-state index < -0.39 is 6.04 Å². The van der Waals surface area contributed by atoms with Crippen molar-refractivity contribution in [2.24, 2.45) is 0 Å². The molecule has 2 amide bonds. The van der Waals surface area contributed by atoms with Crippen LogP contribution in [-0.4, -0.2) is 48.9 Å². The van der Waals surface area contributed by atoms with Crippen molar-refractivity contribution < 1.29 is 9.59 Å². The van der Waals surface area contributed by atoms with Gasteiger partial charge < -0.3 is 15.5 Å². The first kappa shape index (κ1) is 12.0. The van der Waals surface area contributed by atoms with Gasteiger partial charge in [-0.25, -0.2) is 0 Å². The van der Waals surface area contributed by atoms with Crippen molar-refractivity contribution in [3.8, 4) is 0 Å². The lowest BCUT2D eigenvalue weighted by atomic mass is 10.2. The molecule has 1 unspecified atom stereocenters. The molecule has 1 fully saturated rings. The van der Waals surface area contributed by atoms with Gasteiger partial charge in [0.25, 0.3) is 0 Å². The molecule has 5 nitrogen and oxygen atoms in total. The van der Waals surface area contributed by atoms with Crippen LogP contribution in [0.15, 0.2) is 0 Å². The molecule has 0 saturated carbocycles. The molecule has 1 atom stereocenters. The Hall–Kier alpha value is -1.10. The minimum atomic E-state index is -0.407. The van der Waals surface area contributed by atoms with Crippen molar-refractivity contribution in [3.63, 3.8) is 0 Å². The Labute approximate surface area is 90.2 Å². The molecule has 86 valence electrons. The summed E-state index contributed by atoms with van der Waals surface area (Å²) in [5.41, 5.74) is 0. The standard InChI is InChI=1S/C10H19N3O2/c1-3-9(14)12-8(2)10(15)13-6-4-11-5-7-13/h8,11H,3-7H2,1-2H3,(H,12,14). The van der Waals surface area contributed by atoms with Crippen LogP contribution in [0.25, 0.3) is 0 Å². The molecule has 1 heterocycles. The Bertz CT molecular complexity index is 237. The Morgan fingerprint density at radius 3 is 2.53 bits per heavy atom. The van der Waals surface area contributed by atoms with Gasteiger partial charge >= 0.3 is 0 Å². The second-order valence-corrected chi connectivity index (χ2v) is 3.72. The average molecular weight is 213 g/mol. The predicted molar refractivity (Wildman–Crippen MR) is 57.3 cm³/mol. The van der Waals surface area contributed by atoms with Crippen molar-refractivity contribution in [2.45, 2.75) is 26.3 Å². The van der Waals surface area contributed by atoms with E-state index in [2.05, 4.69) is 10.6 Å². The molecule has 0 aliphatic carbocycles. The second-order valence-electron chi connectivity index (χ2n) is 3.72. The summed E-state index contributed by atoms with van der Waals surface area (Å²) < 4.78 is 0. The Morgan fingerprint density at radius 1 is 1.40 bits per heavy atom. The topological polar surface area (TPSA) is 61.4 Å². The Kier molecular flexibility index (Phi) is 4.55. The zero-order chi connectivity index (χ0) is 11.3. The highest BCUT2D eigenvalue weighted by Crippen LogP contribution is 1.97. The van der Waals surface area contributed by atoms with Gasteiger partial charge in [0.15, 0.2) is 0 Å². The van der Waals surface area contributed by atoms with E-state index in [1.54, 1.807) is 18.7 Å². The van der Waals surface area contributed by atoms with Gasteiger partial charge in [-0.2, -0.15) is 0 Å². The molecule has 0 aromatic heterocycles. The van der Waals surface area contributed by atoms with Crippen molar-refractivity contribution in [1.82, 2.24) is 15.5 Å². The quantitative estimate of drug-likeness (QED) is 0.654. The first-order valence-corrected chi connectivity index (χ1v) is 5.44. The number of hydrogen-bond acceptors (Lipinski definition) is 3. The van der Waals surface area contributed by atoms with E-state index in [0.29, 0.717) is 6.42 Å². The third-order valence-corrected chi connectivity index (χ3v) is 2.50. The van der Waals surface area contributed by atoms with E-state index in [1.807, 2.05) is 0 Å². The van der Waals surface area contributed by atoms with Crippen LogP contribution in [0.5, 0.6) is 0 Å². The number of carbonyl (C=O) groups is 2.